The van der Waals surface area contributed by atoms with Crippen molar-refractivity contribution in [3.63, 3.8) is 0 Å². The van der Waals surface area contributed by atoms with Gasteiger partial charge in [-0.3, -0.25) is 14.2 Å². The number of benzene rings is 2. The second-order valence-corrected chi connectivity index (χ2v) is 7.97. The van der Waals surface area contributed by atoms with Crippen molar-refractivity contribution in [1.29, 1.82) is 0 Å². The molecule has 5 nitrogen and oxygen atoms in total. The van der Waals surface area contributed by atoms with Gasteiger partial charge >= 0.3 is 0 Å². The Kier molecular flexibility index (Phi) is 7.27. The average Bonchev–Trinajstić information content (AvgIpc) is 2.76. The smallest absolute Gasteiger partial charge is 0.261 e. The third kappa shape index (κ3) is 4.57. The highest BCUT2D eigenvalue weighted by Crippen LogP contribution is 2.25. The molecule has 0 aliphatic rings. The van der Waals surface area contributed by atoms with Gasteiger partial charge in [-0.15, -0.1) is 0 Å². The summed E-state index contributed by atoms with van der Waals surface area (Å²) < 4.78 is 1.55. The summed E-state index contributed by atoms with van der Waals surface area (Å²) in [7, 11) is 1.71. The maximum Gasteiger partial charge on any atom is 0.261 e. The lowest BCUT2D eigenvalue weighted by molar-refractivity contribution is 0.0676. The van der Waals surface area contributed by atoms with Gasteiger partial charge in [0.2, 0.25) is 0 Å². The zero-order valence-electron chi connectivity index (χ0n) is 17.8. The molecule has 0 N–H and O–H groups in total. The van der Waals surface area contributed by atoms with Crippen LogP contribution in [0, 0.1) is 0 Å². The molecule has 1 amide bonds. The summed E-state index contributed by atoms with van der Waals surface area (Å²) in [6.45, 7) is 4.66. The average molecular weight is 426 g/mol. The van der Waals surface area contributed by atoms with Crippen LogP contribution in [0.5, 0.6) is 0 Å². The van der Waals surface area contributed by atoms with Gasteiger partial charge in [-0.05, 0) is 37.6 Å². The summed E-state index contributed by atoms with van der Waals surface area (Å²) >= 11 is 6.31. The fourth-order valence-electron chi connectivity index (χ4n) is 3.72. The molecule has 30 heavy (non-hydrogen) atoms. The molecule has 1 aromatic heterocycles. The Morgan fingerprint density at radius 3 is 2.53 bits per heavy atom. The van der Waals surface area contributed by atoms with Crippen LogP contribution in [0.2, 0.25) is 5.02 Å². The minimum atomic E-state index is -0.377. The quantitative estimate of drug-likeness (QED) is 0.456. The topological polar surface area (TPSA) is 55.2 Å². The van der Waals surface area contributed by atoms with Crippen molar-refractivity contribution in [3.8, 4) is 0 Å². The molecule has 0 aliphatic carbocycles. The summed E-state index contributed by atoms with van der Waals surface area (Å²) in [5.41, 5.74) is 0.990. The van der Waals surface area contributed by atoms with E-state index in [1.54, 1.807) is 34.7 Å². The summed E-state index contributed by atoms with van der Waals surface area (Å²) in [5.74, 6) is 0.418. The maximum absolute atomic E-state index is 13.4. The molecule has 2 aromatic carbocycles. The van der Waals surface area contributed by atoms with Crippen molar-refractivity contribution >= 4 is 28.4 Å². The highest BCUT2D eigenvalue weighted by atomic mass is 35.5. The number of rotatable bonds is 8. The van der Waals surface area contributed by atoms with Crippen molar-refractivity contribution in [1.82, 2.24) is 14.5 Å². The number of amides is 1. The monoisotopic (exact) mass is 425 g/mol. The van der Waals surface area contributed by atoms with Crippen molar-refractivity contribution in [2.75, 3.05) is 6.54 Å². The molecule has 1 unspecified atom stereocenters. The van der Waals surface area contributed by atoms with Crippen molar-refractivity contribution in [3.05, 3.63) is 75.3 Å². The third-order valence-corrected chi connectivity index (χ3v) is 5.81. The minimum Gasteiger partial charge on any atom is -0.329 e. The first kappa shape index (κ1) is 22.0. The molecule has 0 saturated carbocycles. The van der Waals surface area contributed by atoms with Gasteiger partial charge in [-0.25, -0.2) is 4.98 Å². The predicted molar refractivity (Wildman–Crippen MR) is 122 cm³/mol. The van der Waals surface area contributed by atoms with E-state index in [0.717, 1.165) is 25.7 Å². The molecule has 6 heteroatoms. The molecule has 0 aliphatic heterocycles. The summed E-state index contributed by atoms with van der Waals surface area (Å²) in [4.78, 5) is 32.8. The van der Waals surface area contributed by atoms with Crippen LogP contribution in [-0.2, 0) is 7.05 Å². The van der Waals surface area contributed by atoms with Crippen LogP contribution in [0.3, 0.4) is 0 Å². The minimum absolute atomic E-state index is 0.112. The van der Waals surface area contributed by atoms with Gasteiger partial charge in [0, 0.05) is 13.6 Å². The Labute approximate surface area is 182 Å². The summed E-state index contributed by atoms with van der Waals surface area (Å²) in [6, 6.07) is 14.0. The Hall–Kier alpha value is -2.66. The van der Waals surface area contributed by atoms with Gasteiger partial charge in [0.15, 0.2) is 0 Å². The number of hydrogen-bond donors (Lipinski definition) is 0. The second-order valence-electron chi connectivity index (χ2n) is 7.57. The molecule has 0 saturated heterocycles. The van der Waals surface area contributed by atoms with Gasteiger partial charge in [-0.2, -0.15) is 0 Å². The first-order valence-corrected chi connectivity index (χ1v) is 10.8. The van der Waals surface area contributed by atoms with E-state index in [1.165, 1.54) is 0 Å². The van der Waals surface area contributed by atoms with E-state index in [2.05, 4.69) is 6.92 Å². The zero-order chi connectivity index (χ0) is 21.7. The van der Waals surface area contributed by atoms with E-state index >= 15 is 0 Å². The number of fused-ring (bicyclic) bond motifs is 1. The maximum atomic E-state index is 13.4. The largest absolute Gasteiger partial charge is 0.329 e. The molecule has 1 heterocycles. The number of aromatic nitrogens is 2. The zero-order valence-corrected chi connectivity index (χ0v) is 18.5. The van der Waals surface area contributed by atoms with Crippen LogP contribution >= 0.6 is 11.6 Å². The van der Waals surface area contributed by atoms with E-state index < -0.39 is 0 Å². The van der Waals surface area contributed by atoms with E-state index in [1.807, 2.05) is 37.3 Å². The summed E-state index contributed by atoms with van der Waals surface area (Å²) in [5, 5.41) is 0.997. The Morgan fingerprint density at radius 1 is 1.10 bits per heavy atom. The highest BCUT2D eigenvalue weighted by Gasteiger charge is 2.27. The number of carbonyl (C=O) groups is 1. The Morgan fingerprint density at radius 2 is 1.80 bits per heavy atom. The molecule has 1 atom stereocenters. The fraction of sp³-hybridized carbons (Fsp3) is 0.375. The molecule has 0 spiro atoms. The lowest BCUT2D eigenvalue weighted by atomic mass is 10.1. The normalized spacial score (nSPS) is 12.1. The van der Waals surface area contributed by atoms with Crippen LogP contribution < -0.4 is 5.56 Å². The van der Waals surface area contributed by atoms with Gasteiger partial charge in [0.25, 0.3) is 11.5 Å². The number of halogens is 1. The predicted octanol–water partition coefficient (Wildman–Crippen LogP) is 5.37. The number of hydrogen-bond acceptors (Lipinski definition) is 3. The Balaban J connectivity index is 2.01. The van der Waals surface area contributed by atoms with E-state index in [0.29, 0.717) is 33.9 Å². The molecule has 0 fully saturated rings. The molecule has 158 valence electrons. The number of para-hydroxylation sites is 1. The highest BCUT2D eigenvalue weighted by molar-refractivity contribution is 6.33. The van der Waals surface area contributed by atoms with Gasteiger partial charge in [0.1, 0.15) is 5.82 Å². The third-order valence-electron chi connectivity index (χ3n) is 5.48. The van der Waals surface area contributed by atoms with Gasteiger partial charge in [-0.1, -0.05) is 62.1 Å². The number of carbonyl (C=O) groups excluding carboxylic acids is 1. The van der Waals surface area contributed by atoms with Crippen molar-refractivity contribution in [2.45, 2.75) is 45.6 Å². The SMILES string of the molecule is CCCCCCN(C(=O)c1ccccc1Cl)C(C)c1nc2ccccc2c(=O)n1C. The van der Waals surface area contributed by atoms with Crippen LogP contribution in [-0.4, -0.2) is 26.9 Å². The molecule has 0 bridgehead atoms. The van der Waals surface area contributed by atoms with Crippen LogP contribution in [0.1, 0.15) is 61.8 Å². The lowest BCUT2D eigenvalue weighted by Gasteiger charge is -2.30. The lowest BCUT2D eigenvalue weighted by Crippen LogP contribution is -2.38. The van der Waals surface area contributed by atoms with Crippen molar-refractivity contribution < 1.29 is 4.79 Å². The van der Waals surface area contributed by atoms with Gasteiger partial charge < -0.3 is 4.90 Å². The van der Waals surface area contributed by atoms with Crippen LogP contribution in [0.25, 0.3) is 10.9 Å². The molecule has 0 radical (unpaired) electrons. The van der Waals surface area contributed by atoms with E-state index in [4.69, 9.17) is 16.6 Å². The summed E-state index contributed by atoms with van der Waals surface area (Å²) in [6.07, 6.45) is 4.17. The molecule has 3 rings (SSSR count). The molecular weight excluding hydrogens is 398 g/mol. The second kappa shape index (κ2) is 9.90. The Bertz CT molecular complexity index is 1090. The number of nitrogens with zero attached hydrogens (tertiary/aromatic N) is 3. The van der Waals surface area contributed by atoms with Crippen LogP contribution in [0.15, 0.2) is 53.3 Å². The van der Waals surface area contributed by atoms with Crippen molar-refractivity contribution in [2.24, 2.45) is 7.05 Å². The molecule has 3 aromatic rings. The molecular formula is C24H28ClN3O2. The first-order chi connectivity index (χ1) is 14.5. The van der Waals surface area contributed by atoms with E-state index in [-0.39, 0.29) is 17.5 Å². The number of unbranched alkanes of at least 4 members (excludes halogenated alkanes) is 3. The fourth-order valence-corrected chi connectivity index (χ4v) is 3.93. The standard InChI is InChI=1S/C24H28ClN3O2/c1-4-5-6-11-16-28(24(30)18-12-7-9-14-20(18)25)17(2)22-26-21-15-10-8-13-19(21)23(29)27(22)3/h7-10,12-15,17H,4-6,11,16H2,1-3H3. The van der Waals surface area contributed by atoms with Crippen LogP contribution in [0.4, 0.5) is 0 Å². The van der Waals surface area contributed by atoms with E-state index in [9.17, 15) is 9.59 Å². The first-order valence-electron chi connectivity index (χ1n) is 10.5. The van der Waals surface area contributed by atoms with Gasteiger partial charge in [0.05, 0.1) is 27.5 Å².